The number of carbonyl (C=O) groups excluding carboxylic acids is 2. The number of urea groups is 1. The van der Waals surface area contributed by atoms with Crippen LogP contribution in [0.2, 0.25) is 0 Å². The molecular weight excluding hydrogens is 232 g/mol. The molecule has 1 saturated heterocycles. The summed E-state index contributed by atoms with van der Waals surface area (Å²) in [6.07, 6.45) is 3.78. The third-order valence-corrected chi connectivity index (χ3v) is 3.38. The zero-order valence-electron chi connectivity index (χ0n) is 11.2. The summed E-state index contributed by atoms with van der Waals surface area (Å²) in [5.41, 5.74) is 5.96. The second kappa shape index (κ2) is 7.33. The molecule has 2 atom stereocenters. The number of imide groups is 1. The Morgan fingerprint density at radius 3 is 2.78 bits per heavy atom. The molecule has 1 heterocycles. The van der Waals surface area contributed by atoms with Crippen molar-refractivity contribution in [2.75, 3.05) is 20.1 Å². The number of amides is 3. The van der Waals surface area contributed by atoms with E-state index in [-0.39, 0.29) is 11.9 Å². The fourth-order valence-electron chi connectivity index (χ4n) is 2.39. The number of hydrogen-bond acceptors (Lipinski definition) is 4. The molecule has 18 heavy (non-hydrogen) atoms. The average Bonchev–Trinajstić information content (AvgIpc) is 2.36. The Morgan fingerprint density at radius 1 is 1.44 bits per heavy atom. The molecule has 1 rings (SSSR count). The normalized spacial score (nSPS) is 22.3. The number of carbonyl (C=O) groups is 2. The quantitative estimate of drug-likeness (QED) is 0.662. The molecule has 0 spiro atoms. The highest BCUT2D eigenvalue weighted by molar-refractivity contribution is 5.94. The van der Waals surface area contributed by atoms with E-state index in [9.17, 15) is 9.59 Å². The van der Waals surface area contributed by atoms with Crippen LogP contribution in [0.4, 0.5) is 4.79 Å². The molecule has 4 N–H and O–H groups in total. The van der Waals surface area contributed by atoms with Crippen molar-refractivity contribution in [1.29, 1.82) is 0 Å². The van der Waals surface area contributed by atoms with Crippen LogP contribution in [-0.4, -0.2) is 49.1 Å². The molecule has 6 nitrogen and oxygen atoms in total. The summed E-state index contributed by atoms with van der Waals surface area (Å²) in [4.78, 5) is 24.7. The third-order valence-electron chi connectivity index (χ3n) is 3.38. The van der Waals surface area contributed by atoms with Gasteiger partial charge in [0.2, 0.25) is 5.91 Å². The molecule has 104 valence electrons. The molecule has 0 aromatic carbocycles. The fourth-order valence-corrected chi connectivity index (χ4v) is 2.39. The molecule has 3 amide bonds. The molecule has 0 aliphatic carbocycles. The lowest BCUT2D eigenvalue weighted by Crippen LogP contribution is -2.50. The van der Waals surface area contributed by atoms with Gasteiger partial charge in [0.1, 0.15) is 0 Å². The van der Waals surface area contributed by atoms with Crippen molar-refractivity contribution in [3.8, 4) is 0 Å². The van der Waals surface area contributed by atoms with E-state index in [2.05, 4.69) is 15.5 Å². The number of nitrogens with two attached hydrogens (primary N) is 1. The second-order valence-electron chi connectivity index (χ2n) is 4.84. The maximum atomic E-state index is 11.5. The number of nitrogens with one attached hydrogen (secondary N) is 2. The molecular formula is C12H24N4O2. The summed E-state index contributed by atoms with van der Waals surface area (Å²) in [6, 6.07) is 0.0150. The van der Waals surface area contributed by atoms with Crippen molar-refractivity contribution in [2.45, 2.75) is 44.7 Å². The maximum absolute atomic E-state index is 11.5. The van der Waals surface area contributed by atoms with Crippen LogP contribution in [0.5, 0.6) is 0 Å². The highest BCUT2D eigenvalue weighted by Gasteiger charge is 2.25. The number of likely N-dealkylation sites (tertiary alicyclic amines) is 1. The molecule has 0 aromatic rings. The van der Waals surface area contributed by atoms with Crippen LogP contribution >= 0.6 is 0 Å². The van der Waals surface area contributed by atoms with Crippen LogP contribution in [0.3, 0.4) is 0 Å². The predicted molar refractivity (Wildman–Crippen MR) is 70.1 cm³/mol. The van der Waals surface area contributed by atoms with Crippen molar-refractivity contribution in [3.63, 3.8) is 0 Å². The van der Waals surface area contributed by atoms with Crippen molar-refractivity contribution >= 4 is 11.9 Å². The highest BCUT2D eigenvalue weighted by Crippen LogP contribution is 2.18. The topological polar surface area (TPSA) is 87.5 Å². The summed E-state index contributed by atoms with van der Waals surface area (Å²) in [7, 11) is 1.49. The SMILES string of the molecule is CNC(=O)NC(=O)CCN1CCCCC1C(C)N. The van der Waals surface area contributed by atoms with Crippen LogP contribution in [0.1, 0.15) is 32.6 Å². The van der Waals surface area contributed by atoms with E-state index < -0.39 is 6.03 Å². The number of piperidine rings is 1. The third kappa shape index (κ3) is 4.62. The van der Waals surface area contributed by atoms with E-state index in [0.29, 0.717) is 19.0 Å². The largest absolute Gasteiger partial charge is 0.341 e. The minimum atomic E-state index is -0.456. The first-order valence-corrected chi connectivity index (χ1v) is 6.55. The van der Waals surface area contributed by atoms with Crippen LogP contribution < -0.4 is 16.4 Å². The van der Waals surface area contributed by atoms with Gasteiger partial charge in [-0.15, -0.1) is 0 Å². The predicted octanol–water partition coefficient (Wildman–Crippen LogP) is 0.0338. The van der Waals surface area contributed by atoms with Crippen LogP contribution in [0, 0.1) is 0 Å². The molecule has 0 radical (unpaired) electrons. The molecule has 1 fully saturated rings. The van der Waals surface area contributed by atoms with Gasteiger partial charge in [0.15, 0.2) is 0 Å². The average molecular weight is 256 g/mol. The van der Waals surface area contributed by atoms with E-state index in [1.807, 2.05) is 6.92 Å². The van der Waals surface area contributed by atoms with Gasteiger partial charge in [-0.2, -0.15) is 0 Å². The first-order valence-electron chi connectivity index (χ1n) is 6.55. The van der Waals surface area contributed by atoms with Crippen LogP contribution in [-0.2, 0) is 4.79 Å². The maximum Gasteiger partial charge on any atom is 0.321 e. The van der Waals surface area contributed by atoms with Crippen LogP contribution in [0.25, 0.3) is 0 Å². The van der Waals surface area contributed by atoms with Gasteiger partial charge in [0.25, 0.3) is 0 Å². The first kappa shape index (κ1) is 14.9. The summed E-state index contributed by atoms with van der Waals surface area (Å²) in [5, 5.41) is 4.62. The molecule has 2 unspecified atom stereocenters. The smallest absolute Gasteiger partial charge is 0.321 e. The van der Waals surface area contributed by atoms with E-state index in [1.165, 1.54) is 13.5 Å². The lowest BCUT2D eigenvalue weighted by atomic mass is 9.97. The number of hydrogen-bond donors (Lipinski definition) is 3. The van der Waals surface area contributed by atoms with Gasteiger partial charge in [-0.05, 0) is 26.3 Å². The molecule has 0 bridgehead atoms. The standard InChI is InChI=1S/C12H24N4O2/c1-9(13)10-5-3-4-7-16(10)8-6-11(17)15-12(18)14-2/h9-10H,3-8,13H2,1-2H3,(H2,14,15,17,18). The van der Waals surface area contributed by atoms with Crippen molar-refractivity contribution in [3.05, 3.63) is 0 Å². The Balaban J connectivity index is 2.36. The Kier molecular flexibility index (Phi) is 6.07. The Bertz CT molecular complexity index is 294. The molecule has 0 aromatic heterocycles. The van der Waals surface area contributed by atoms with Gasteiger partial charge in [-0.25, -0.2) is 4.79 Å². The van der Waals surface area contributed by atoms with Gasteiger partial charge in [0.05, 0.1) is 0 Å². The lowest BCUT2D eigenvalue weighted by molar-refractivity contribution is -0.120. The molecule has 0 saturated carbocycles. The van der Waals surface area contributed by atoms with Crippen molar-refractivity contribution in [1.82, 2.24) is 15.5 Å². The van der Waals surface area contributed by atoms with E-state index in [0.717, 1.165) is 19.4 Å². The zero-order valence-corrected chi connectivity index (χ0v) is 11.2. The van der Waals surface area contributed by atoms with Gasteiger partial charge in [0, 0.05) is 32.1 Å². The van der Waals surface area contributed by atoms with Gasteiger partial charge >= 0.3 is 6.03 Å². The zero-order chi connectivity index (χ0) is 13.5. The second-order valence-corrected chi connectivity index (χ2v) is 4.84. The Labute approximate surface area is 108 Å². The number of rotatable bonds is 4. The summed E-state index contributed by atoms with van der Waals surface area (Å²) >= 11 is 0. The Hall–Kier alpha value is -1.14. The first-order chi connectivity index (χ1) is 8.54. The van der Waals surface area contributed by atoms with E-state index in [4.69, 9.17) is 5.73 Å². The Morgan fingerprint density at radius 2 is 2.17 bits per heavy atom. The van der Waals surface area contributed by atoms with Gasteiger partial charge < -0.3 is 11.1 Å². The van der Waals surface area contributed by atoms with Gasteiger partial charge in [-0.1, -0.05) is 6.42 Å². The highest BCUT2D eigenvalue weighted by atomic mass is 16.2. The minimum Gasteiger partial charge on any atom is -0.341 e. The molecule has 1 aliphatic rings. The fraction of sp³-hybridized carbons (Fsp3) is 0.833. The summed E-state index contributed by atoms with van der Waals surface area (Å²) < 4.78 is 0. The molecule has 6 heteroatoms. The minimum absolute atomic E-state index is 0.118. The van der Waals surface area contributed by atoms with E-state index in [1.54, 1.807) is 0 Å². The lowest BCUT2D eigenvalue weighted by Gasteiger charge is -2.37. The summed E-state index contributed by atoms with van der Waals surface area (Å²) in [5.74, 6) is -0.247. The van der Waals surface area contributed by atoms with Crippen LogP contribution in [0.15, 0.2) is 0 Å². The summed E-state index contributed by atoms with van der Waals surface area (Å²) in [6.45, 7) is 3.65. The van der Waals surface area contributed by atoms with E-state index >= 15 is 0 Å². The molecule has 1 aliphatic heterocycles. The monoisotopic (exact) mass is 256 g/mol. The number of nitrogens with zero attached hydrogens (tertiary/aromatic N) is 1. The van der Waals surface area contributed by atoms with Crippen molar-refractivity contribution < 1.29 is 9.59 Å². The van der Waals surface area contributed by atoms with Crippen molar-refractivity contribution in [2.24, 2.45) is 5.73 Å². The van der Waals surface area contributed by atoms with Gasteiger partial charge in [-0.3, -0.25) is 15.0 Å².